The molecule has 0 fully saturated rings. The number of rotatable bonds is 5. The van der Waals surface area contributed by atoms with Crippen molar-refractivity contribution < 1.29 is 27.9 Å². The number of hydrogen-bond acceptors (Lipinski definition) is 3. The number of carboxylic acid groups (broad SMARTS) is 1. The Morgan fingerprint density at radius 2 is 1.93 bits per heavy atom. The smallest absolute Gasteiger partial charge is 0.404 e. The SMILES string of the molecule is O=C(O)NCCc1nc2c(F)c(F)cc(C(=O)Nc3ccc(F)c(Cl)c3)c2[nH]1. The summed E-state index contributed by atoms with van der Waals surface area (Å²) < 4.78 is 41.2. The summed E-state index contributed by atoms with van der Waals surface area (Å²) in [4.78, 5) is 29.6. The monoisotopic (exact) mass is 412 g/mol. The second-order valence-electron chi connectivity index (χ2n) is 5.69. The topological polar surface area (TPSA) is 107 Å². The van der Waals surface area contributed by atoms with Gasteiger partial charge in [0.2, 0.25) is 0 Å². The van der Waals surface area contributed by atoms with Crippen LogP contribution in [0, 0.1) is 17.5 Å². The highest BCUT2D eigenvalue weighted by molar-refractivity contribution is 6.31. The van der Waals surface area contributed by atoms with Crippen LogP contribution in [0.15, 0.2) is 24.3 Å². The molecule has 3 rings (SSSR count). The standard InChI is InChI=1S/C17H12ClF3N4O3/c18-9-5-7(1-2-10(9)19)23-16(26)8-6-11(20)13(21)15-14(8)24-12(25-15)3-4-22-17(27)28/h1-2,5-6,22H,3-4H2,(H,23,26)(H,24,25)(H,27,28). The van der Waals surface area contributed by atoms with Gasteiger partial charge in [0.25, 0.3) is 5.91 Å². The lowest BCUT2D eigenvalue weighted by atomic mass is 10.1. The lowest BCUT2D eigenvalue weighted by molar-refractivity contribution is 0.102. The van der Waals surface area contributed by atoms with Crippen LogP contribution in [0.25, 0.3) is 11.0 Å². The summed E-state index contributed by atoms with van der Waals surface area (Å²) in [6.45, 7) is -0.0190. The number of carbonyl (C=O) groups is 2. The van der Waals surface area contributed by atoms with Gasteiger partial charge < -0.3 is 20.7 Å². The van der Waals surface area contributed by atoms with Gasteiger partial charge in [0.1, 0.15) is 17.2 Å². The van der Waals surface area contributed by atoms with Crippen molar-refractivity contribution >= 4 is 40.3 Å². The Morgan fingerprint density at radius 1 is 1.18 bits per heavy atom. The van der Waals surface area contributed by atoms with Crippen molar-refractivity contribution in [2.24, 2.45) is 0 Å². The van der Waals surface area contributed by atoms with Gasteiger partial charge >= 0.3 is 6.09 Å². The highest BCUT2D eigenvalue weighted by Gasteiger charge is 2.21. The van der Waals surface area contributed by atoms with Crippen molar-refractivity contribution in [1.29, 1.82) is 0 Å². The normalized spacial score (nSPS) is 10.9. The number of carbonyl (C=O) groups excluding carboxylic acids is 1. The number of aromatic amines is 1. The second kappa shape index (κ2) is 7.77. The van der Waals surface area contributed by atoms with E-state index in [-0.39, 0.29) is 40.6 Å². The fourth-order valence-corrected chi connectivity index (χ4v) is 2.69. The predicted molar refractivity (Wildman–Crippen MR) is 95.1 cm³/mol. The fraction of sp³-hybridized carbons (Fsp3) is 0.118. The molecule has 0 saturated heterocycles. The Hall–Kier alpha value is -3.27. The first-order chi connectivity index (χ1) is 13.3. The summed E-state index contributed by atoms with van der Waals surface area (Å²) in [6, 6.07) is 4.17. The number of hydrogen-bond donors (Lipinski definition) is 4. The Kier molecular flexibility index (Phi) is 5.41. The Morgan fingerprint density at radius 3 is 2.61 bits per heavy atom. The van der Waals surface area contributed by atoms with Gasteiger partial charge in [-0.25, -0.2) is 22.9 Å². The summed E-state index contributed by atoms with van der Waals surface area (Å²) in [5.41, 5.74) is -0.540. The number of H-pyrrole nitrogens is 1. The lowest BCUT2D eigenvalue weighted by Gasteiger charge is -2.07. The van der Waals surface area contributed by atoms with Crippen LogP contribution in [-0.4, -0.2) is 33.6 Å². The first kappa shape index (κ1) is 19.5. The average Bonchev–Trinajstić information content (AvgIpc) is 3.05. The van der Waals surface area contributed by atoms with E-state index in [0.717, 1.165) is 6.07 Å². The van der Waals surface area contributed by atoms with Crippen LogP contribution in [0.4, 0.5) is 23.7 Å². The van der Waals surface area contributed by atoms with Crippen molar-refractivity contribution in [3.05, 3.63) is 58.1 Å². The molecule has 0 unspecified atom stereocenters. The first-order valence-electron chi connectivity index (χ1n) is 7.86. The van der Waals surface area contributed by atoms with E-state index in [4.69, 9.17) is 16.7 Å². The molecule has 28 heavy (non-hydrogen) atoms. The zero-order chi connectivity index (χ0) is 20.4. The molecule has 0 radical (unpaired) electrons. The van der Waals surface area contributed by atoms with Crippen LogP contribution in [0.3, 0.4) is 0 Å². The third-order valence-electron chi connectivity index (χ3n) is 3.77. The van der Waals surface area contributed by atoms with Crippen LogP contribution in [0.5, 0.6) is 0 Å². The number of nitrogens with one attached hydrogen (secondary N) is 3. The number of amides is 2. The lowest BCUT2D eigenvalue weighted by Crippen LogP contribution is -2.23. The molecule has 1 heterocycles. The molecule has 0 atom stereocenters. The van der Waals surface area contributed by atoms with E-state index in [1.54, 1.807) is 0 Å². The molecule has 3 aromatic rings. The van der Waals surface area contributed by atoms with Crippen molar-refractivity contribution in [2.75, 3.05) is 11.9 Å². The van der Waals surface area contributed by atoms with Gasteiger partial charge in [0.05, 0.1) is 16.1 Å². The molecular formula is C17H12ClF3N4O3. The molecule has 0 bridgehead atoms. The number of anilines is 1. The largest absolute Gasteiger partial charge is 0.465 e. The van der Waals surface area contributed by atoms with Gasteiger partial charge in [-0.05, 0) is 24.3 Å². The van der Waals surface area contributed by atoms with Gasteiger partial charge in [0, 0.05) is 18.7 Å². The predicted octanol–water partition coefficient (Wildman–Crippen LogP) is 3.70. The highest BCUT2D eigenvalue weighted by atomic mass is 35.5. The van der Waals surface area contributed by atoms with Crippen molar-refractivity contribution in [3.63, 3.8) is 0 Å². The van der Waals surface area contributed by atoms with Crippen molar-refractivity contribution in [1.82, 2.24) is 15.3 Å². The van der Waals surface area contributed by atoms with Gasteiger partial charge in [-0.2, -0.15) is 0 Å². The average molecular weight is 413 g/mol. The van der Waals surface area contributed by atoms with E-state index in [2.05, 4.69) is 20.6 Å². The minimum absolute atomic E-state index is 0.0190. The van der Waals surface area contributed by atoms with E-state index in [9.17, 15) is 22.8 Å². The highest BCUT2D eigenvalue weighted by Crippen LogP contribution is 2.25. The maximum Gasteiger partial charge on any atom is 0.404 e. The van der Waals surface area contributed by atoms with Crippen LogP contribution < -0.4 is 10.6 Å². The van der Waals surface area contributed by atoms with Crippen molar-refractivity contribution in [2.45, 2.75) is 6.42 Å². The molecule has 0 aliphatic heterocycles. The molecular weight excluding hydrogens is 401 g/mol. The molecule has 4 N–H and O–H groups in total. The van der Waals surface area contributed by atoms with E-state index >= 15 is 0 Å². The molecule has 11 heteroatoms. The minimum Gasteiger partial charge on any atom is -0.465 e. The molecule has 2 amide bonds. The van der Waals surface area contributed by atoms with Gasteiger partial charge in [-0.3, -0.25) is 4.79 Å². The summed E-state index contributed by atoms with van der Waals surface area (Å²) in [5, 5.41) is 12.9. The van der Waals surface area contributed by atoms with Crippen LogP contribution in [-0.2, 0) is 6.42 Å². The Balaban J connectivity index is 1.93. The molecule has 146 valence electrons. The minimum atomic E-state index is -1.28. The van der Waals surface area contributed by atoms with Crippen LogP contribution >= 0.6 is 11.6 Å². The number of fused-ring (bicyclic) bond motifs is 1. The zero-order valence-electron chi connectivity index (χ0n) is 13.9. The number of benzene rings is 2. The summed E-state index contributed by atoms with van der Waals surface area (Å²) in [6.07, 6.45) is -1.18. The molecule has 7 nitrogen and oxygen atoms in total. The quantitative estimate of drug-likeness (QED) is 0.512. The third kappa shape index (κ3) is 4.01. The molecule has 0 aliphatic carbocycles. The Labute approximate surface area is 160 Å². The van der Waals surface area contributed by atoms with Gasteiger partial charge in [-0.1, -0.05) is 11.6 Å². The summed E-state index contributed by atoms with van der Waals surface area (Å²) >= 11 is 5.66. The van der Waals surface area contributed by atoms with Gasteiger partial charge in [0.15, 0.2) is 11.6 Å². The van der Waals surface area contributed by atoms with Crippen LogP contribution in [0.2, 0.25) is 5.02 Å². The Bertz CT molecular complexity index is 1090. The number of halogens is 4. The number of aromatic nitrogens is 2. The number of imidazole rings is 1. The molecule has 1 aromatic heterocycles. The second-order valence-corrected chi connectivity index (χ2v) is 6.10. The first-order valence-corrected chi connectivity index (χ1v) is 8.24. The van der Waals surface area contributed by atoms with Gasteiger partial charge in [-0.15, -0.1) is 0 Å². The molecule has 2 aromatic carbocycles. The molecule has 0 aliphatic rings. The van der Waals surface area contributed by atoms with E-state index in [1.807, 2.05) is 0 Å². The number of nitrogens with zero attached hydrogens (tertiary/aromatic N) is 1. The van der Waals surface area contributed by atoms with E-state index in [0.29, 0.717) is 6.07 Å². The summed E-state index contributed by atoms with van der Waals surface area (Å²) in [7, 11) is 0. The molecule has 0 spiro atoms. The summed E-state index contributed by atoms with van der Waals surface area (Å²) in [5.74, 6) is -3.85. The van der Waals surface area contributed by atoms with E-state index in [1.165, 1.54) is 12.1 Å². The molecule has 0 saturated carbocycles. The third-order valence-corrected chi connectivity index (χ3v) is 4.06. The van der Waals surface area contributed by atoms with Crippen molar-refractivity contribution in [3.8, 4) is 0 Å². The zero-order valence-corrected chi connectivity index (χ0v) is 14.7. The fourth-order valence-electron chi connectivity index (χ4n) is 2.51. The van der Waals surface area contributed by atoms with Crippen LogP contribution in [0.1, 0.15) is 16.2 Å². The maximum absolute atomic E-state index is 14.1. The van der Waals surface area contributed by atoms with E-state index < -0.39 is 35.0 Å². The maximum atomic E-state index is 14.1.